The van der Waals surface area contributed by atoms with Crippen LogP contribution >= 0.6 is 0 Å². The topological polar surface area (TPSA) is 58.4 Å². The van der Waals surface area contributed by atoms with Crippen LogP contribution in [0.15, 0.2) is 0 Å². The first kappa shape index (κ1) is 12.5. The number of amides is 1. The highest BCUT2D eigenvalue weighted by Gasteiger charge is 2.23. The van der Waals surface area contributed by atoms with E-state index in [1.54, 1.807) is 0 Å². The lowest BCUT2D eigenvalue weighted by Crippen LogP contribution is -2.45. The standard InChI is InChI=1S/C11H23N3O/c1-9(2)14(8-11(12)15)10-4-3-6-13-7-5-10/h9-10,13H,3-8H2,1-2H3,(H2,12,15). The molecule has 0 aliphatic carbocycles. The van der Waals surface area contributed by atoms with Gasteiger partial charge in [0.05, 0.1) is 6.54 Å². The second-order valence-electron chi connectivity index (χ2n) is 4.57. The fourth-order valence-corrected chi connectivity index (χ4v) is 2.25. The predicted octanol–water partition coefficient (Wildman–Crippen LogP) is 0.324. The molecule has 4 nitrogen and oxygen atoms in total. The molecule has 0 aromatic rings. The Bertz CT molecular complexity index is 198. The van der Waals surface area contributed by atoms with Crippen LogP contribution in [0.1, 0.15) is 33.1 Å². The number of nitrogens with zero attached hydrogens (tertiary/aromatic N) is 1. The molecule has 1 saturated heterocycles. The summed E-state index contributed by atoms with van der Waals surface area (Å²) in [5.74, 6) is -0.221. The average Bonchev–Trinajstić information content (AvgIpc) is 2.41. The van der Waals surface area contributed by atoms with E-state index in [1.165, 1.54) is 12.8 Å². The largest absolute Gasteiger partial charge is 0.369 e. The number of carbonyl (C=O) groups is 1. The van der Waals surface area contributed by atoms with E-state index in [0.29, 0.717) is 18.6 Å². The summed E-state index contributed by atoms with van der Waals surface area (Å²) in [6.07, 6.45) is 3.47. The fraction of sp³-hybridized carbons (Fsp3) is 0.909. The van der Waals surface area contributed by atoms with Crippen molar-refractivity contribution in [2.24, 2.45) is 5.73 Å². The van der Waals surface area contributed by atoms with Crippen LogP contribution in [0.2, 0.25) is 0 Å². The van der Waals surface area contributed by atoms with Crippen LogP contribution in [0, 0.1) is 0 Å². The maximum absolute atomic E-state index is 11.0. The van der Waals surface area contributed by atoms with Gasteiger partial charge >= 0.3 is 0 Å². The third kappa shape index (κ3) is 4.18. The van der Waals surface area contributed by atoms with Crippen molar-refractivity contribution in [3.8, 4) is 0 Å². The van der Waals surface area contributed by atoms with Crippen molar-refractivity contribution < 1.29 is 4.79 Å². The second-order valence-corrected chi connectivity index (χ2v) is 4.57. The van der Waals surface area contributed by atoms with Gasteiger partial charge in [0.1, 0.15) is 0 Å². The van der Waals surface area contributed by atoms with Crippen LogP contribution in [-0.4, -0.2) is 42.5 Å². The van der Waals surface area contributed by atoms with Gasteiger partial charge in [-0.25, -0.2) is 0 Å². The van der Waals surface area contributed by atoms with Gasteiger partial charge < -0.3 is 11.1 Å². The molecule has 0 bridgehead atoms. The molecule has 0 radical (unpaired) electrons. The zero-order chi connectivity index (χ0) is 11.3. The molecule has 0 spiro atoms. The monoisotopic (exact) mass is 213 g/mol. The number of nitrogens with two attached hydrogens (primary N) is 1. The highest BCUT2D eigenvalue weighted by Crippen LogP contribution is 2.15. The van der Waals surface area contributed by atoms with Gasteiger partial charge in [-0.05, 0) is 46.2 Å². The minimum absolute atomic E-state index is 0.221. The molecule has 1 aliphatic rings. The Balaban J connectivity index is 2.55. The molecule has 1 heterocycles. The Hall–Kier alpha value is -0.610. The van der Waals surface area contributed by atoms with Gasteiger partial charge in [0.25, 0.3) is 0 Å². The molecule has 3 N–H and O–H groups in total. The normalized spacial score (nSPS) is 23.1. The Morgan fingerprint density at radius 2 is 2.20 bits per heavy atom. The van der Waals surface area contributed by atoms with E-state index in [-0.39, 0.29) is 5.91 Å². The second kappa shape index (κ2) is 6.08. The van der Waals surface area contributed by atoms with E-state index in [9.17, 15) is 4.79 Å². The molecule has 1 unspecified atom stereocenters. The van der Waals surface area contributed by atoms with Gasteiger partial charge in [0.2, 0.25) is 5.91 Å². The molecule has 1 atom stereocenters. The summed E-state index contributed by atoms with van der Waals surface area (Å²) >= 11 is 0. The minimum Gasteiger partial charge on any atom is -0.369 e. The maximum atomic E-state index is 11.0. The summed E-state index contributed by atoms with van der Waals surface area (Å²) in [6.45, 7) is 6.79. The highest BCUT2D eigenvalue weighted by atomic mass is 16.1. The van der Waals surface area contributed by atoms with Crippen LogP contribution in [0.3, 0.4) is 0 Å². The van der Waals surface area contributed by atoms with E-state index < -0.39 is 0 Å². The SMILES string of the molecule is CC(C)N(CC(N)=O)C1CCCNCC1. The fourth-order valence-electron chi connectivity index (χ4n) is 2.25. The van der Waals surface area contributed by atoms with Crippen molar-refractivity contribution in [3.63, 3.8) is 0 Å². The molecule has 4 heteroatoms. The van der Waals surface area contributed by atoms with E-state index in [1.807, 2.05) is 0 Å². The molecule has 0 aromatic carbocycles. The lowest BCUT2D eigenvalue weighted by molar-refractivity contribution is -0.120. The zero-order valence-corrected chi connectivity index (χ0v) is 9.83. The van der Waals surface area contributed by atoms with Crippen LogP contribution in [0.5, 0.6) is 0 Å². The molecule has 1 aliphatic heterocycles. The van der Waals surface area contributed by atoms with E-state index in [2.05, 4.69) is 24.1 Å². The van der Waals surface area contributed by atoms with Gasteiger partial charge in [-0.15, -0.1) is 0 Å². The smallest absolute Gasteiger partial charge is 0.231 e. The first-order chi connectivity index (χ1) is 7.11. The van der Waals surface area contributed by atoms with Gasteiger partial charge in [-0.2, -0.15) is 0 Å². The van der Waals surface area contributed by atoms with E-state index in [0.717, 1.165) is 19.5 Å². The number of hydrogen-bond donors (Lipinski definition) is 2. The zero-order valence-electron chi connectivity index (χ0n) is 9.83. The van der Waals surface area contributed by atoms with Crippen LogP contribution < -0.4 is 11.1 Å². The number of primary amides is 1. The molecule has 88 valence electrons. The molecular formula is C11H23N3O. The molecule has 0 saturated carbocycles. The molecule has 1 fully saturated rings. The third-order valence-electron chi connectivity index (χ3n) is 3.02. The summed E-state index contributed by atoms with van der Waals surface area (Å²) in [7, 11) is 0. The van der Waals surface area contributed by atoms with Crippen molar-refractivity contribution in [1.29, 1.82) is 0 Å². The molecule has 15 heavy (non-hydrogen) atoms. The number of nitrogens with one attached hydrogen (secondary N) is 1. The van der Waals surface area contributed by atoms with Crippen LogP contribution in [-0.2, 0) is 4.79 Å². The Labute approximate surface area is 92.2 Å². The highest BCUT2D eigenvalue weighted by molar-refractivity contribution is 5.76. The lowest BCUT2D eigenvalue weighted by atomic mass is 10.1. The Morgan fingerprint density at radius 1 is 1.47 bits per heavy atom. The van der Waals surface area contributed by atoms with E-state index >= 15 is 0 Å². The van der Waals surface area contributed by atoms with Crippen molar-refractivity contribution in [3.05, 3.63) is 0 Å². The summed E-state index contributed by atoms with van der Waals surface area (Å²) < 4.78 is 0. The van der Waals surface area contributed by atoms with Gasteiger partial charge in [0, 0.05) is 12.1 Å². The van der Waals surface area contributed by atoms with Crippen molar-refractivity contribution in [1.82, 2.24) is 10.2 Å². The van der Waals surface area contributed by atoms with Crippen molar-refractivity contribution >= 4 is 5.91 Å². The lowest BCUT2D eigenvalue weighted by Gasteiger charge is -2.33. The predicted molar refractivity (Wildman–Crippen MR) is 61.5 cm³/mol. The van der Waals surface area contributed by atoms with Gasteiger partial charge in [-0.3, -0.25) is 9.69 Å². The first-order valence-electron chi connectivity index (χ1n) is 5.86. The Kier molecular flexibility index (Phi) is 5.05. The summed E-state index contributed by atoms with van der Waals surface area (Å²) in [4.78, 5) is 13.2. The first-order valence-corrected chi connectivity index (χ1v) is 5.86. The third-order valence-corrected chi connectivity index (χ3v) is 3.02. The molecule has 0 aromatic heterocycles. The van der Waals surface area contributed by atoms with Crippen molar-refractivity contribution in [2.45, 2.75) is 45.2 Å². The average molecular weight is 213 g/mol. The summed E-state index contributed by atoms with van der Waals surface area (Å²) in [5.41, 5.74) is 5.28. The minimum atomic E-state index is -0.221. The van der Waals surface area contributed by atoms with Crippen LogP contribution in [0.25, 0.3) is 0 Å². The molecule has 1 rings (SSSR count). The van der Waals surface area contributed by atoms with Crippen molar-refractivity contribution in [2.75, 3.05) is 19.6 Å². The number of carbonyl (C=O) groups excluding carboxylic acids is 1. The number of hydrogen-bond acceptors (Lipinski definition) is 3. The number of rotatable bonds is 4. The van der Waals surface area contributed by atoms with Gasteiger partial charge in [-0.1, -0.05) is 0 Å². The van der Waals surface area contributed by atoms with Crippen LogP contribution in [0.4, 0.5) is 0 Å². The van der Waals surface area contributed by atoms with Gasteiger partial charge in [0.15, 0.2) is 0 Å². The molecule has 1 amide bonds. The maximum Gasteiger partial charge on any atom is 0.231 e. The Morgan fingerprint density at radius 3 is 2.80 bits per heavy atom. The summed E-state index contributed by atoms with van der Waals surface area (Å²) in [5, 5.41) is 3.38. The molecular weight excluding hydrogens is 190 g/mol. The summed E-state index contributed by atoms with van der Waals surface area (Å²) in [6, 6.07) is 0.896. The van der Waals surface area contributed by atoms with E-state index in [4.69, 9.17) is 5.73 Å². The quantitative estimate of drug-likeness (QED) is 0.707.